The number of amides is 1. The Morgan fingerprint density at radius 3 is 2.35 bits per heavy atom. The van der Waals surface area contributed by atoms with Crippen molar-refractivity contribution in [2.24, 2.45) is 11.7 Å². The first-order chi connectivity index (χ1) is 7.54. The van der Waals surface area contributed by atoms with E-state index in [9.17, 15) is 9.59 Å². The SMILES string of the molecule is COC(=O)C(C)CNC(=O)CC(CN)OC.Cl. The molecule has 1 amide bonds. The second kappa shape index (κ2) is 10.3. The van der Waals surface area contributed by atoms with Crippen LogP contribution in [0.25, 0.3) is 0 Å². The summed E-state index contributed by atoms with van der Waals surface area (Å²) in [5.74, 6) is -0.886. The first kappa shape index (κ1) is 18.5. The van der Waals surface area contributed by atoms with Crippen molar-refractivity contribution < 1.29 is 19.1 Å². The number of ether oxygens (including phenoxy) is 2. The fraction of sp³-hybridized carbons (Fsp3) is 0.800. The average Bonchev–Trinajstić information content (AvgIpc) is 2.31. The van der Waals surface area contributed by atoms with Crippen LogP contribution in [0.5, 0.6) is 0 Å². The zero-order valence-corrected chi connectivity index (χ0v) is 11.2. The van der Waals surface area contributed by atoms with Gasteiger partial charge in [0.2, 0.25) is 5.91 Å². The number of halogens is 1. The van der Waals surface area contributed by atoms with E-state index in [0.717, 1.165) is 0 Å². The maximum atomic E-state index is 11.4. The second-order valence-corrected chi connectivity index (χ2v) is 3.53. The van der Waals surface area contributed by atoms with Crippen LogP contribution >= 0.6 is 12.4 Å². The summed E-state index contributed by atoms with van der Waals surface area (Å²) in [5.41, 5.74) is 5.38. The number of carbonyl (C=O) groups is 2. The molecular formula is C10H21ClN2O4. The van der Waals surface area contributed by atoms with Gasteiger partial charge in [0.25, 0.3) is 0 Å². The number of hydrogen-bond donors (Lipinski definition) is 2. The number of carbonyl (C=O) groups excluding carboxylic acids is 2. The van der Waals surface area contributed by atoms with Crippen LogP contribution in [-0.4, -0.2) is 45.3 Å². The topological polar surface area (TPSA) is 90.7 Å². The maximum absolute atomic E-state index is 11.4. The van der Waals surface area contributed by atoms with E-state index in [1.165, 1.54) is 14.2 Å². The molecule has 0 saturated carbocycles. The minimum atomic E-state index is -0.354. The van der Waals surface area contributed by atoms with Crippen LogP contribution in [0.1, 0.15) is 13.3 Å². The molecule has 0 aliphatic rings. The summed E-state index contributed by atoms with van der Waals surface area (Å²) in [4.78, 5) is 22.4. The number of rotatable bonds is 7. The predicted molar refractivity (Wildman–Crippen MR) is 65.9 cm³/mol. The van der Waals surface area contributed by atoms with Gasteiger partial charge in [0, 0.05) is 20.2 Å². The van der Waals surface area contributed by atoms with Gasteiger partial charge in [0.15, 0.2) is 0 Å². The highest BCUT2D eigenvalue weighted by Crippen LogP contribution is 1.98. The average molecular weight is 269 g/mol. The second-order valence-electron chi connectivity index (χ2n) is 3.53. The Morgan fingerprint density at radius 1 is 1.35 bits per heavy atom. The smallest absolute Gasteiger partial charge is 0.310 e. The molecule has 0 aromatic heterocycles. The van der Waals surface area contributed by atoms with Gasteiger partial charge in [-0.1, -0.05) is 6.92 Å². The molecule has 0 fully saturated rings. The minimum Gasteiger partial charge on any atom is -0.469 e. The molecule has 0 saturated heterocycles. The summed E-state index contributed by atoms with van der Waals surface area (Å²) in [6.45, 7) is 2.23. The van der Waals surface area contributed by atoms with Crippen LogP contribution in [0, 0.1) is 5.92 Å². The van der Waals surface area contributed by atoms with Crippen molar-refractivity contribution in [1.82, 2.24) is 5.32 Å². The molecular weight excluding hydrogens is 248 g/mol. The Morgan fingerprint density at radius 2 is 1.94 bits per heavy atom. The zero-order valence-electron chi connectivity index (χ0n) is 10.4. The molecule has 0 rings (SSSR count). The lowest BCUT2D eigenvalue weighted by Crippen LogP contribution is -2.36. The highest BCUT2D eigenvalue weighted by molar-refractivity contribution is 5.85. The monoisotopic (exact) mass is 268 g/mol. The summed E-state index contributed by atoms with van der Waals surface area (Å²) < 4.78 is 9.50. The summed E-state index contributed by atoms with van der Waals surface area (Å²) in [7, 11) is 2.82. The molecule has 0 spiro atoms. The molecule has 0 aromatic rings. The molecule has 17 heavy (non-hydrogen) atoms. The standard InChI is InChI=1S/C10H20N2O4.ClH/c1-7(10(14)16-3)6-12-9(13)4-8(5-11)15-2;/h7-8H,4-6,11H2,1-3H3,(H,12,13);1H. The first-order valence-electron chi connectivity index (χ1n) is 5.12. The van der Waals surface area contributed by atoms with E-state index < -0.39 is 0 Å². The maximum Gasteiger partial charge on any atom is 0.310 e. The Hall–Kier alpha value is -0.850. The van der Waals surface area contributed by atoms with Crippen LogP contribution in [0.3, 0.4) is 0 Å². The third kappa shape index (κ3) is 7.95. The molecule has 2 atom stereocenters. The fourth-order valence-corrected chi connectivity index (χ4v) is 1.09. The lowest BCUT2D eigenvalue weighted by Gasteiger charge is -2.14. The zero-order chi connectivity index (χ0) is 12.6. The lowest BCUT2D eigenvalue weighted by atomic mass is 10.2. The van der Waals surface area contributed by atoms with E-state index in [2.05, 4.69) is 10.1 Å². The van der Waals surface area contributed by atoms with E-state index >= 15 is 0 Å². The van der Waals surface area contributed by atoms with Crippen LogP contribution in [0.15, 0.2) is 0 Å². The van der Waals surface area contributed by atoms with Crippen LogP contribution in [0.2, 0.25) is 0 Å². The first-order valence-corrected chi connectivity index (χ1v) is 5.12. The van der Waals surface area contributed by atoms with E-state index in [0.29, 0.717) is 0 Å². The van der Waals surface area contributed by atoms with Crippen molar-refractivity contribution in [3.63, 3.8) is 0 Å². The van der Waals surface area contributed by atoms with Crippen molar-refractivity contribution in [2.45, 2.75) is 19.4 Å². The molecule has 7 heteroatoms. The fourth-order valence-electron chi connectivity index (χ4n) is 1.09. The van der Waals surface area contributed by atoms with Crippen molar-refractivity contribution in [1.29, 1.82) is 0 Å². The third-order valence-electron chi connectivity index (χ3n) is 2.22. The normalized spacial score (nSPS) is 13.2. The minimum absolute atomic E-state index is 0. The molecule has 102 valence electrons. The van der Waals surface area contributed by atoms with Crippen LogP contribution in [0.4, 0.5) is 0 Å². The van der Waals surface area contributed by atoms with E-state index in [1.54, 1.807) is 6.92 Å². The Bertz CT molecular complexity index is 234. The number of nitrogens with one attached hydrogen (secondary N) is 1. The van der Waals surface area contributed by atoms with E-state index in [4.69, 9.17) is 10.5 Å². The van der Waals surface area contributed by atoms with Gasteiger partial charge in [-0.05, 0) is 0 Å². The van der Waals surface area contributed by atoms with Crippen LogP contribution in [-0.2, 0) is 19.1 Å². The molecule has 0 aliphatic carbocycles. The van der Waals surface area contributed by atoms with Gasteiger partial charge in [-0.2, -0.15) is 0 Å². The number of esters is 1. The molecule has 3 N–H and O–H groups in total. The Kier molecular flexibility index (Phi) is 11.2. The highest BCUT2D eigenvalue weighted by atomic mass is 35.5. The third-order valence-corrected chi connectivity index (χ3v) is 2.22. The summed E-state index contributed by atoms with van der Waals surface area (Å²) in [6, 6.07) is 0. The number of methoxy groups -OCH3 is 2. The summed E-state index contributed by atoms with van der Waals surface area (Å²) >= 11 is 0. The van der Waals surface area contributed by atoms with Crippen molar-refractivity contribution in [2.75, 3.05) is 27.3 Å². The van der Waals surface area contributed by atoms with Crippen LogP contribution < -0.4 is 11.1 Å². The molecule has 0 aliphatic heterocycles. The van der Waals surface area contributed by atoms with Gasteiger partial charge >= 0.3 is 5.97 Å². The van der Waals surface area contributed by atoms with Crippen molar-refractivity contribution in [3.05, 3.63) is 0 Å². The molecule has 0 bridgehead atoms. The van der Waals surface area contributed by atoms with Gasteiger partial charge in [0.1, 0.15) is 0 Å². The van der Waals surface area contributed by atoms with Gasteiger partial charge in [-0.15, -0.1) is 12.4 Å². The van der Waals surface area contributed by atoms with Crippen molar-refractivity contribution in [3.8, 4) is 0 Å². The molecule has 0 aromatic carbocycles. The lowest BCUT2D eigenvalue weighted by molar-refractivity contribution is -0.144. The van der Waals surface area contributed by atoms with Gasteiger partial charge in [0.05, 0.1) is 25.6 Å². The quantitative estimate of drug-likeness (QED) is 0.619. The van der Waals surface area contributed by atoms with Gasteiger partial charge in [-0.3, -0.25) is 9.59 Å². The molecule has 6 nitrogen and oxygen atoms in total. The number of hydrogen-bond acceptors (Lipinski definition) is 5. The number of nitrogens with two attached hydrogens (primary N) is 1. The van der Waals surface area contributed by atoms with E-state index in [1.807, 2.05) is 0 Å². The van der Waals surface area contributed by atoms with Crippen molar-refractivity contribution >= 4 is 24.3 Å². The largest absolute Gasteiger partial charge is 0.469 e. The predicted octanol–water partition coefficient (Wildman–Crippen LogP) is -0.303. The summed E-state index contributed by atoms with van der Waals surface area (Å²) in [6.07, 6.45) is -0.0885. The molecule has 2 unspecified atom stereocenters. The molecule has 0 radical (unpaired) electrons. The van der Waals surface area contributed by atoms with E-state index in [-0.39, 0.29) is 55.8 Å². The summed E-state index contributed by atoms with van der Waals surface area (Å²) in [5, 5.41) is 2.62. The van der Waals surface area contributed by atoms with Gasteiger partial charge in [-0.25, -0.2) is 0 Å². The molecule has 0 heterocycles. The Labute approximate surface area is 108 Å². The van der Waals surface area contributed by atoms with Gasteiger partial charge < -0.3 is 20.5 Å². The highest BCUT2D eigenvalue weighted by Gasteiger charge is 2.16. The Balaban J connectivity index is 0.